The minimum Gasteiger partial charge on any atom is -0.0942 e. The van der Waals surface area contributed by atoms with Gasteiger partial charge in [-0.2, -0.15) is 0 Å². The van der Waals surface area contributed by atoms with Gasteiger partial charge >= 0.3 is 0 Å². The molecular formula is C18H18S. The summed E-state index contributed by atoms with van der Waals surface area (Å²) in [6, 6.07) is 21.6. The fourth-order valence-corrected chi connectivity index (χ4v) is 3.77. The number of hydrogen-bond donors (Lipinski definition) is 0. The van der Waals surface area contributed by atoms with Gasteiger partial charge in [-0.05, 0) is 41.9 Å². The third kappa shape index (κ3) is 3.10. The first-order valence-electron chi connectivity index (χ1n) is 6.91. The van der Waals surface area contributed by atoms with Crippen molar-refractivity contribution in [3.05, 3.63) is 77.2 Å². The summed E-state index contributed by atoms with van der Waals surface area (Å²) in [5.41, 5.74) is 1.46. The lowest BCUT2D eigenvalue weighted by atomic mass is 9.89. The Morgan fingerprint density at radius 1 is 0.842 bits per heavy atom. The van der Waals surface area contributed by atoms with Gasteiger partial charge in [-0.25, -0.2) is 0 Å². The van der Waals surface area contributed by atoms with Crippen LogP contribution < -0.4 is 0 Å². The monoisotopic (exact) mass is 266 g/mol. The van der Waals surface area contributed by atoms with Crippen LogP contribution in [-0.2, 0) is 0 Å². The van der Waals surface area contributed by atoms with Crippen molar-refractivity contribution in [2.24, 2.45) is 0 Å². The van der Waals surface area contributed by atoms with E-state index in [9.17, 15) is 0 Å². The van der Waals surface area contributed by atoms with Gasteiger partial charge in [-0.1, -0.05) is 66.4 Å². The molecule has 0 nitrogen and oxygen atoms in total. The molecule has 0 saturated carbocycles. The zero-order valence-electron chi connectivity index (χ0n) is 11.0. The molecule has 96 valence electrons. The maximum Gasteiger partial charge on any atom is 0.0150 e. The van der Waals surface area contributed by atoms with Gasteiger partial charge in [0.25, 0.3) is 0 Å². The normalized spacial score (nSPS) is 18.9. The first-order chi connectivity index (χ1) is 9.43. The van der Waals surface area contributed by atoms with Crippen molar-refractivity contribution >= 4 is 11.8 Å². The molecule has 0 saturated heterocycles. The lowest BCUT2D eigenvalue weighted by Crippen LogP contribution is -2.04. The van der Waals surface area contributed by atoms with Crippen LogP contribution in [0.3, 0.4) is 0 Å². The van der Waals surface area contributed by atoms with E-state index in [0.29, 0.717) is 5.92 Å². The molecule has 0 fully saturated rings. The molecule has 0 aromatic heterocycles. The molecule has 0 radical (unpaired) electrons. The average molecular weight is 266 g/mol. The minimum atomic E-state index is 0.583. The molecule has 19 heavy (non-hydrogen) atoms. The highest BCUT2D eigenvalue weighted by atomic mass is 32.2. The van der Waals surface area contributed by atoms with E-state index in [-0.39, 0.29) is 0 Å². The van der Waals surface area contributed by atoms with Crippen LogP contribution in [-0.4, -0.2) is 0 Å². The average Bonchev–Trinajstić information content (AvgIpc) is 2.50. The summed E-state index contributed by atoms with van der Waals surface area (Å²) in [5, 5.41) is 0. The highest BCUT2D eigenvalue weighted by molar-refractivity contribution is 8.03. The van der Waals surface area contributed by atoms with E-state index in [2.05, 4.69) is 66.7 Å². The van der Waals surface area contributed by atoms with Gasteiger partial charge in [0.2, 0.25) is 0 Å². The van der Waals surface area contributed by atoms with Gasteiger partial charge in [0.05, 0.1) is 0 Å². The zero-order valence-corrected chi connectivity index (χ0v) is 11.8. The number of thioether (sulfide) groups is 1. The Bertz CT molecular complexity index is 542. The second kappa shape index (κ2) is 6.12. The highest BCUT2D eigenvalue weighted by Gasteiger charge is 2.20. The van der Waals surface area contributed by atoms with Crippen LogP contribution in [0.4, 0.5) is 0 Å². The molecule has 0 heterocycles. The van der Waals surface area contributed by atoms with E-state index in [1.807, 2.05) is 11.8 Å². The van der Waals surface area contributed by atoms with Gasteiger partial charge in [0.15, 0.2) is 0 Å². The standard InChI is InChI=1S/C18H18S/c1-3-9-15(10-4-1)17-13-7-8-14-18(17)19-16-11-5-2-6-12-16/h1-6,9-12,14,17H,7-8,13H2. The molecule has 1 aliphatic carbocycles. The third-order valence-electron chi connectivity index (χ3n) is 3.57. The van der Waals surface area contributed by atoms with Crippen molar-refractivity contribution < 1.29 is 0 Å². The summed E-state index contributed by atoms with van der Waals surface area (Å²) in [4.78, 5) is 2.86. The molecule has 0 aliphatic heterocycles. The molecule has 3 rings (SSSR count). The van der Waals surface area contributed by atoms with Crippen LogP contribution >= 0.6 is 11.8 Å². The Labute approximate surface area is 119 Å². The van der Waals surface area contributed by atoms with Crippen molar-refractivity contribution in [3.8, 4) is 0 Å². The lowest BCUT2D eigenvalue weighted by molar-refractivity contribution is 0.646. The van der Waals surface area contributed by atoms with Crippen LogP contribution in [0.1, 0.15) is 30.7 Å². The molecule has 0 spiro atoms. The summed E-state index contributed by atoms with van der Waals surface area (Å²) in [6.07, 6.45) is 6.23. The molecule has 2 aromatic carbocycles. The molecule has 2 aromatic rings. The van der Waals surface area contributed by atoms with Crippen molar-refractivity contribution in [3.63, 3.8) is 0 Å². The van der Waals surface area contributed by atoms with Crippen LogP contribution in [0.25, 0.3) is 0 Å². The molecule has 1 aliphatic rings. The van der Waals surface area contributed by atoms with Gasteiger partial charge in [-0.3, -0.25) is 0 Å². The minimum absolute atomic E-state index is 0.583. The van der Waals surface area contributed by atoms with E-state index >= 15 is 0 Å². The SMILES string of the molecule is C1=C(Sc2ccccc2)C(c2ccccc2)CCC1. The summed E-state index contributed by atoms with van der Waals surface area (Å²) in [5.74, 6) is 0.583. The fourth-order valence-electron chi connectivity index (χ4n) is 2.60. The van der Waals surface area contributed by atoms with Crippen LogP contribution in [0.5, 0.6) is 0 Å². The number of hydrogen-bond acceptors (Lipinski definition) is 1. The van der Waals surface area contributed by atoms with Crippen molar-refractivity contribution in [1.82, 2.24) is 0 Å². The van der Waals surface area contributed by atoms with E-state index in [4.69, 9.17) is 0 Å². The first-order valence-corrected chi connectivity index (χ1v) is 7.73. The Morgan fingerprint density at radius 2 is 1.53 bits per heavy atom. The largest absolute Gasteiger partial charge is 0.0942 e. The van der Waals surface area contributed by atoms with Gasteiger partial charge in [0, 0.05) is 10.8 Å². The smallest absolute Gasteiger partial charge is 0.0150 e. The fraction of sp³-hybridized carbons (Fsp3) is 0.222. The predicted octanol–water partition coefficient (Wildman–Crippen LogP) is 5.63. The molecular weight excluding hydrogens is 248 g/mol. The topological polar surface area (TPSA) is 0 Å². The summed E-state index contributed by atoms with van der Waals surface area (Å²) >= 11 is 1.93. The predicted molar refractivity (Wildman–Crippen MR) is 83.4 cm³/mol. The number of benzene rings is 2. The van der Waals surface area contributed by atoms with Crippen molar-refractivity contribution in [2.75, 3.05) is 0 Å². The van der Waals surface area contributed by atoms with E-state index in [0.717, 1.165) is 0 Å². The van der Waals surface area contributed by atoms with Crippen molar-refractivity contribution in [2.45, 2.75) is 30.1 Å². The molecule has 1 atom stereocenters. The Balaban J connectivity index is 1.84. The van der Waals surface area contributed by atoms with Gasteiger partial charge in [-0.15, -0.1) is 0 Å². The molecule has 1 unspecified atom stereocenters. The Morgan fingerprint density at radius 3 is 2.26 bits per heavy atom. The Hall–Kier alpha value is -1.47. The summed E-state index contributed by atoms with van der Waals surface area (Å²) < 4.78 is 0. The van der Waals surface area contributed by atoms with Gasteiger partial charge < -0.3 is 0 Å². The van der Waals surface area contributed by atoms with Crippen molar-refractivity contribution in [1.29, 1.82) is 0 Å². The quantitative estimate of drug-likeness (QED) is 0.693. The van der Waals surface area contributed by atoms with Crippen LogP contribution in [0.2, 0.25) is 0 Å². The van der Waals surface area contributed by atoms with Crippen LogP contribution in [0.15, 0.2) is 76.5 Å². The molecule has 0 bridgehead atoms. The highest BCUT2D eigenvalue weighted by Crippen LogP contribution is 2.42. The zero-order chi connectivity index (χ0) is 12.9. The van der Waals surface area contributed by atoms with E-state index in [1.54, 1.807) is 0 Å². The second-order valence-electron chi connectivity index (χ2n) is 4.92. The summed E-state index contributed by atoms with van der Waals surface area (Å²) in [7, 11) is 0. The van der Waals surface area contributed by atoms with Gasteiger partial charge in [0.1, 0.15) is 0 Å². The number of allylic oxidation sites excluding steroid dienone is 2. The maximum atomic E-state index is 2.43. The van der Waals surface area contributed by atoms with Crippen LogP contribution in [0, 0.1) is 0 Å². The third-order valence-corrected chi connectivity index (χ3v) is 4.76. The summed E-state index contributed by atoms with van der Waals surface area (Å²) in [6.45, 7) is 0. The number of rotatable bonds is 3. The lowest BCUT2D eigenvalue weighted by Gasteiger charge is -2.24. The molecule has 0 amide bonds. The van der Waals surface area contributed by atoms with E-state index < -0.39 is 0 Å². The first kappa shape index (κ1) is 12.6. The molecule has 1 heteroatoms. The Kier molecular flexibility index (Phi) is 4.04. The second-order valence-corrected chi connectivity index (χ2v) is 6.06. The van der Waals surface area contributed by atoms with E-state index in [1.165, 1.54) is 34.6 Å². The maximum absolute atomic E-state index is 2.43. The molecule has 0 N–H and O–H groups in total.